The number of rotatable bonds is 5. The summed E-state index contributed by atoms with van der Waals surface area (Å²) in [7, 11) is 0. The average Bonchev–Trinajstić information content (AvgIpc) is 2.14. The van der Waals surface area contributed by atoms with E-state index in [0.717, 1.165) is 19.0 Å². The molecular formula is C14H21F2N. The van der Waals surface area contributed by atoms with Gasteiger partial charge in [-0.05, 0) is 36.1 Å². The summed E-state index contributed by atoms with van der Waals surface area (Å²) in [4.78, 5) is 0. The topological polar surface area (TPSA) is 12.0 Å². The molecule has 0 saturated carbocycles. The molecule has 0 aliphatic heterocycles. The molecule has 0 fully saturated rings. The third-order valence-corrected chi connectivity index (χ3v) is 2.95. The Labute approximate surface area is 102 Å². The molecule has 0 heterocycles. The summed E-state index contributed by atoms with van der Waals surface area (Å²) in [6.45, 7) is 9.00. The molecule has 1 nitrogen and oxygen atoms in total. The van der Waals surface area contributed by atoms with Crippen molar-refractivity contribution in [3.63, 3.8) is 0 Å². The zero-order chi connectivity index (χ0) is 13.1. The smallest absolute Gasteiger partial charge is 0.126 e. The number of halogens is 2. The lowest BCUT2D eigenvalue weighted by Gasteiger charge is -2.26. The molecule has 1 aromatic rings. The van der Waals surface area contributed by atoms with Gasteiger partial charge in [0.05, 0.1) is 0 Å². The molecule has 0 radical (unpaired) electrons. The van der Waals surface area contributed by atoms with Crippen LogP contribution in [0.5, 0.6) is 0 Å². The summed E-state index contributed by atoms with van der Waals surface area (Å²) in [5.74, 6) is -1.02. The maximum atomic E-state index is 13.2. The quantitative estimate of drug-likeness (QED) is 0.830. The van der Waals surface area contributed by atoms with E-state index >= 15 is 0 Å². The average molecular weight is 241 g/mol. The number of benzene rings is 1. The van der Waals surface area contributed by atoms with E-state index in [2.05, 4.69) is 19.2 Å². The monoisotopic (exact) mass is 241 g/mol. The van der Waals surface area contributed by atoms with Crippen molar-refractivity contribution < 1.29 is 8.78 Å². The van der Waals surface area contributed by atoms with Crippen molar-refractivity contribution in [3.05, 3.63) is 35.4 Å². The lowest BCUT2D eigenvalue weighted by atomic mass is 9.81. The molecule has 3 heteroatoms. The lowest BCUT2D eigenvalue weighted by Crippen LogP contribution is -2.29. The fraction of sp³-hybridized carbons (Fsp3) is 0.571. The van der Waals surface area contributed by atoms with E-state index in [4.69, 9.17) is 0 Å². The summed E-state index contributed by atoms with van der Waals surface area (Å²) in [6.07, 6.45) is 0.841. The van der Waals surface area contributed by atoms with Gasteiger partial charge in [-0.3, -0.25) is 0 Å². The predicted octanol–water partition coefficient (Wildman–Crippen LogP) is 3.63. The molecular weight excluding hydrogens is 220 g/mol. The second-order valence-corrected chi connectivity index (χ2v) is 5.40. The maximum Gasteiger partial charge on any atom is 0.126 e. The summed E-state index contributed by atoms with van der Waals surface area (Å²) in [5, 5.41) is 3.31. The Bertz CT molecular complexity index is 352. The molecule has 0 spiro atoms. The maximum absolute atomic E-state index is 13.2. The molecule has 1 rings (SSSR count). The van der Waals surface area contributed by atoms with Crippen LogP contribution in [0.2, 0.25) is 0 Å². The first kappa shape index (κ1) is 14.1. The van der Waals surface area contributed by atoms with Crippen LogP contribution in [0, 0.1) is 11.6 Å². The van der Waals surface area contributed by atoms with Crippen LogP contribution in [0.4, 0.5) is 8.78 Å². The fourth-order valence-electron chi connectivity index (χ4n) is 1.76. The van der Waals surface area contributed by atoms with Gasteiger partial charge < -0.3 is 5.32 Å². The zero-order valence-electron chi connectivity index (χ0n) is 11.0. The Balaban J connectivity index is 2.74. The molecule has 1 aromatic carbocycles. The molecule has 0 amide bonds. The van der Waals surface area contributed by atoms with Gasteiger partial charge in [0.1, 0.15) is 11.6 Å². The lowest BCUT2D eigenvalue weighted by molar-refractivity contribution is 0.436. The predicted molar refractivity (Wildman–Crippen MR) is 67.1 cm³/mol. The van der Waals surface area contributed by atoms with Crippen molar-refractivity contribution in [2.24, 2.45) is 0 Å². The minimum absolute atomic E-state index is 0.231. The second-order valence-electron chi connectivity index (χ2n) is 5.40. The van der Waals surface area contributed by atoms with Gasteiger partial charge in [0.15, 0.2) is 0 Å². The van der Waals surface area contributed by atoms with Gasteiger partial charge in [0.2, 0.25) is 0 Å². The Hall–Kier alpha value is -0.960. The SMILES string of the molecule is CC(C)NCCC(C)(C)c1cc(F)cc(F)c1. The molecule has 0 aliphatic carbocycles. The Kier molecular flexibility index (Phi) is 4.63. The van der Waals surface area contributed by atoms with Gasteiger partial charge in [-0.15, -0.1) is 0 Å². The molecule has 0 atom stereocenters. The van der Waals surface area contributed by atoms with Crippen molar-refractivity contribution in [3.8, 4) is 0 Å². The first-order valence-corrected chi connectivity index (χ1v) is 6.01. The highest BCUT2D eigenvalue weighted by atomic mass is 19.1. The normalized spacial score (nSPS) is 12.2. The molecule has 17 heavy (non-hydrogen) atoms. The van der Waals surface area contributed by atoms with E-state index in [1.54, 1.807) is 0 Å². The summed E-state index contributed by atoms with van der Waals surface area (Å²) < 4.78 is 26.3. The van der Waals surface area contributed by atoms with Crippen molar-refractivity contribution in [1.82, 2.24) is 5.32 Å². The standard InChI is InChI=1S/C14H21F2N/c1-10(2)17-6-5-14(3,4)11-7-12(15)9-13(16)8-11/h7-10,17H,5-6H2,1-4H3. The Morgan fingerprint density at radius 3 is 2.12 bits per heavy atom. The van der Waals surface area contributed by atoms with Gasteiger partial charge in [-0.25, -0.2) is 8.78 Å². The van der Waals surface area contributed by atoms with Gasteiger partial charge in [-0.2, -0.15) is 0 Å². The molecule has 0 unspecified atom stereocenters. The van der Waals surface area contributed by atoms with Crippen LogP contribution < -0.4 is 5.32 Å². The van der Waals surface area contributed by atoms with Gasteiger partial charge in [0, 0.05) is 12.1 Å². The number of hydrogen-bond donors (Lipinski definition) is 1. The third-order valence-electron chi connectivity index (χ3n) is 2.95. The van der Waals surface area contributed by atoms with Crippen LogP contribution in [0.3, 0.4) is 0 Å². The van der Waals surface area contributed by atoms with E-state index in [9.17, 15) is 8.78 Å². The van der Waals surface area contributed by atoms with Gasteiger partial charge in [-0.1, -0.05) is 27.7 Å². The van der Waals surface area contributed by atoms with E-state index in [0.29, 0.717) is 11.6 Å². The van der Waals surface area contributed by atoms with Crippen molar-refractivity contribution >= 4 is 0 Å². The molecule has 0 saturated heterocycles. The Morgan fingerprint density at radius 2 is 1.65 bits per heavy atom. The first-order chi connectivity index (χ1) is 7.81. The van der Waals surface area contributed by atoms with Crippen molar-refractivity contribution in [1.29, 1.82) is 0 Å². The second kappa shape index (κ2) is 5.58. The summed E-state index contributed by atoms with van der Waals surface area (Å²) >= 11 is 0. The van der Waals surface area contributed by atoms with Gasteiger partial charge in [0.25, 0.3) is 0 Å². The van der Waals surface area contributed by atoms with Crippen LogP contribution in [-0.2, 0) is 5.41 Å². The Morgan fingerprint density at radius 1 is 1.12 bits per heavy atom. The molecule has 0 aromatic heterocycles. The van der Waals surface area contributed by atoms with Crippen LogP contribution in [0.1, 0.15) is 39.7 Å². The largest absolute Gasteiger partial charge is 0.315 e. The minimum atomic E-state index is -0.509. The van der Waals surface area contributed by atoms with Crippen molar-refractivity contribution in [2.45, 2.75) is 45.6 Å². The van der Waals surface area contributed by atoms with Crippen molar-refractivity contribution in [2.75, 3.05) is 6.54 Å². The highest BCUT2D eigenvalue weighted by Crippen LogP contribution is 2.27. The zero-order valence-corrected chi connectivity index (χ0v) is 11.0. The summed E-state index contributed by atoms with van der Waals surface area (Å²) in [5.41, 5.74) is 0.478. The van der Waals surface area contributed by atoms with Crippen LogP contribution in [0.15, 0.2) is 18.2 Å². The van der Waals surface area contributed by atoms with E-state index in [-0.39, 0.29) is 5.41 Å². The number of hydrogen-bond acceptors (Lipinski definition) is 1. The summed E-state index contributed by atoms with van der Waals surface area (Å²) in [6, 6.07) is 4.16. The first-order valence-electron chi connectivity index (χ1n) is 6.01. The fourth-order valence-corrected chi connectivity index (χ4v) is 1.76. The van der Waals surface area contributed by atoms with E-state index in [1.807, 2.05) is 13.8 Å². The van der Waals surface area contributed by atoms with Gasteiger partial charge >= 0.3 is 0 Å². The molecule has 0 aliphatic rings. The van der Waals surface area contributed by atoms with E-state index < -0.39 is 11.6 Å². The van der Waals surface area contributed by atoms with Crippen LogP contribution in [-0.4, -0.2) is 12.6 Å². The number of nitrogens with one attached hydrogen (secondary N) is 1. The van der Waals surface area contributed by atoms with E-state index in [1.165, 1.54) is 12.1 Å². The third kappa shape index (κ3) is 4.43. The van der Waals surface area contributed by atoms with Crippen LogP contribution >= 0.6 is 0 Å². The highest BCUT2D eigenvalue weighted by molar-refractivity contribution is 5.25. The van der Waals surface area contributed by atoms with Crippen LogP contribution in [0.25, 0.3) is 0 Å². The highest BCUT2D eigenvalue weighted by Gasteiger charge is 2.21. The minimum Gasteiger partial charge on any atom is -0.315 e. The molecule has 1 N–H and O–H groups in total. The molecule has 96 valence electrons. The molecule has 0 bridgehead atoms.